The van der Waals surface area contributed by atoms with Crippen LogP contribution in [0.15, 0.2) is 54.6 Å². The minimum absolute atomic E-state index is 0.0568. The Bertz CT molecular complexity index is 1230. The lowest BCUT2D eigenvalue weighted by Gasteiger charge is -2.28. The third-order valence-corrected chi connectivity index (χ3v) is 5.84. The van der Waals surface area contributed by atoms with E-state index in [0.717, 1.165) is 40.6 Å². The first-order chi connectivity index (χ1) is 15.4. The van der Waals surface area contributed by atoms with Crippen LogP contribution < -0.4 is 0 Å². The van der Waals surface area contributed by atoms with Gasteiger partial charge in [-0.15, -0.1) is 0 Å². The molecule has 1 aromatic heterocycles. The molecular weight excluding hydrogens is 400 g/mol. The monoisotopic (exact) mass is 426 g/mol. The Balaban J connectivity index is 1.43. The number of H-pyrrole nitrogens is 1. The lowest BCUT2D eigenvalue weighted by Crippen LogP contribution is -2.35. The van der Waals surface area contributed by atoms with Gasteiger partial charge in [-0.25, -0.2) is 0 Å². The molecule has 1 N–H and O–H groups in total. The van der Waals surface area contributed by atoms with Gasteiger partial charge in [0.2, 0.25) is 5.91 Å². The standard InChI is InChI=1S/C26H26N4O2/c1-29(2)26(32)24-15-21-11-10-20(14-23(21)28-24)22-4-3-13-30(17-22)25(31)12-9-18-5-7-19(16-27)8-6-18/h4-8,10-11,14-15,28H,3,9,12-13,17H2,1-2H3. The summed E-state index contributed by atoms with van der Waals surface area (Å²) in [5.41, 5.74) is 5.36. The van der Waals surface area contributed by atoms with E-state index in [1.54, 1.807) is 31.1 Å². The first-order valence-electron chi connectivity index (χ1n) is 10.8. The number of hydrogen-bond donors (Lipinski definition) is 1. The SMILES string of the molecule is CN(C)C(=O)c1cc2ccc(C3=CCCN(C(=O)CCc4ccc(C#N)cc4)C3)cc2[nH]1. The lowest BCUT2D eigenvalue weighted by molar-refractivity contribution is -0.130. The lowest BCUT2D eigenvalue weighted by atomic mass is 9.99. The fourth-order valence-electron chi connectivity index (χ4n) is 4.00. The summed E-state index contributed by atoms with van der Waals surface area (Å²) in [5.74, 6) is 0.0819. The number of benzene rings is 2. The van der Waals surface area contributed by atoms with Gasteiger partial charge in [-0.2, -0.15) is 5.26 Å². The van der Waals surface area contributed by atoms with Crippen molar-refractivity contribution in [2.24, 2.45) is 0 Å². The van der Waals surface area contributed by atoms with Crippen molar-refractivity contribution in [1.82, 2.24) is 14.8 Å². The largest absolute Gasteiger partial charge is 0.351 e. The van der Waals surface area contributed by atoms with E-state index in [4.69, 9.17) is 5.26 Å². The van der Waals surface area contributed by atoms with E-state index in [2.05, 4.69) is 29.3 Å². The molecule has 0 saturated heterocycles. The molecule has 162 valence electrons. The maximum atomic E-state index is 12.8. The number of hydrogen-bond acceptors (Lipinski definition) is 3. The number of nitrogens with zero attached hydrogens (tertiary/aromatic N) is 3. The van der Waals surface area contributed by atoms with E-state index in [9.17, 15) is 9.59 Å². The smallest absolute Gasteiger partial charge is 0.269 e. The molecule has 0 unspecified atom stereocenters. The number of carbonyl (C=O) groups is 2. The highest BCUT2D eigenvalue weighted by Gasteiger charge is 2.20. The van der Waals surface area contributed by atoms with Crippen molar-refractivity contribution in [3.63, 3.8) is 0 Å². The highest BCUT2D eigenvalue weighted by molar-refractivity contribution is 5.98. The molecule has 2 heterocycles. The Morgan fingerprint density at radius 2 is 1.91 bits per heavy atom. The van der Waals surface area contributed by atoms with Crippen LogP contribution in [0.3, 0.4) is 0 Å². The predicted octanol–water partition coefficient (Wildman–Crippen LogP) is 3.99. The van der Waals surface area contributed by atoms with E-state index in [-0.39, 0.29) is 11.8 Å². The van der Waals surface area contributed by atoms with Crippen LogP contribution in [0.1, 0.15) is 40.0 Å². The van der Waals surface area contributed by atoms with Crippen molar-refractivity contribution >= 4 is 28.3 Å². The second kappa shape index (κ2) is 9.11. The zero-order valence-electron chi connectivity index (χ0n) is 18.4. The number of carbonyl (C=O) groups excluding carboxylic acids is 2. The number of nitriles is 1. The summed E-state index contributed by atoms with van der Waals surface area (Å²) >= 11 is 0. The molecular formula is C26H26N4O2. The van der Waals surface area contributed by atoms with Gasteiger partial charge in [-0.3, -0.25) is 9.59 Å². The van der Waals surface area contributed by atoms with Crippen molar-refractivity contribution < 1.29 is 9.59 Å². The van der Waals surface area contributed by atoms with Crippen molar-refractivity contribution in [3.8, 4) is 6.07 Å². The number of fused-ring (bicyclic) bond motifs is 1. The van der Waals surface area contributed by atoms with Crippen molar-refractivity contribution in [2.75, 3.05) is 27.2 Å². The molecule has 6 nitrogen and oxygen atoms in total. The first-order valence-corrected chi connectivity index (χ1v) is 10.8. The van der Waals surface area contributed by atoms with Crippen LogP contribution in [-0.4, -0.2) is 53.8 Å². The number of rotatable bonds is 5. The van der Waals surface area contributed by atoms with Crippen LogP contribution in [0.25, 0.3) is 16.5 Å². The maximum absolute atomic E-state index is 12.8. The Hall–Kier alpha value is -3.85. The van der Waals surface area contributed by atoms with Gasteiger partial charge in [0.15, 0.2) is 0 Å². The highest BCUT2D eigenvalue weighted by Crippen LogP contribution is 2.26. The van der Waals surface area contributed by atoms with Gasteiger partial charge in [-0.05, 0) is 53.8 Å². The minimum atomic E-state index is -0.0568. The van der Waals surface area contributed by atoms with Crippen molar-refractivity contribution in [1.29, 1.82) is 5.26 Å². The van der Waals surface area contributed by atoms with Gasteiger partial charge in [0.25, 0.3) is 5.91 Å². The van der Waals surface area contributed by atoms with E-state index >= 15 is 0 Å². The minimum Gasteiger partial charge on any atom is -0.351 e. The summed E-state index contributed by atoms with van der Waals surface area (Å²) in [6.07, 6.45) is 4.13. The Labute approximate surface area is 187 Å². The van der Waals surface area contributed by atoms with Crippen LogP contribution in [0, 0.1) is 11.3 Å². The molecule has 4 rings (SSSR count). The zero-order valence-corrected chi connectivity index (χ0v) is 18.4. The number of nitrogens with one attached hydrogen (secondary N) is 1. The fraction of sp³-hybridized carbons (Fsp3) is 0.269. The zero-order chi connectivity index (χ0) is 22.7. The quantitative estimate of drug-likeness (QED) is 0.670. The van der Waals surface area contributed by atoms with E-state index in [1.807, 2.05) is 29.2 Å². The van der Waals surface area contributed by atoms with Crippen molar-refractivity contribution in [2.45, 2.75) is 19.3 Å². The summed E-state index contributed by atoms with van der Waals surface area (Å²) in [7, 11) is 3.47. The predicted molar refractivity (Wildman–Crippen MR) is 125 cm³/mol. The number of aryl methyl sites for hydroxylation is 1. The molecule has 0 atom stereocenters. The Morgan fingerprint density at radius 3 is 2.62 bits per heavy atom. The van der Waals surface area contributed by atoms with Crippen molar-refractivity contribution in [3.05, 3.63) is 77.0 Å². The summed E-state index contributed by atoms with van der Waals surface area (Å²) in [5, 5.41) is 9.90. The average Bonchev–Trinajstić information content (AvgIpc) is 3.25. The van der Waals surface area contributed by atoms with Gasteiger partial charge in [0.1, 0.15) is 5.69 Å². The number of aromatic amines is 1. The highest BCUT2D eigenvalue weighted by atomic mass is 16.2. The summed E-state index contributed by atoms with van der Waals surface area (Å²) in [4.78, 5) is 31.7. The van der Waals surface area contributed by atoms with Crippen LogP contribution in [0.4, 0.5) is 0 Å². The molecule has 1 aliphatic heterocycles. The van der Waals surface area contributed by atoms with Gasteiger partial charge in [0, 0.05) is 44.5 Å². The van der Waals surface area contributed by atoms with Gasteiger partial charge >= 0.3 is 0 Å². The van der Waals surface area contributed by atoms with Crippen LogP contribution in [-0.2, 0) is 11.2 Å². The third-order valence-electron chi connectivity index (χ3n) is 5.84. The molecule has 0 radical (unpaired) electrons. The second-order valence-electron chi connectivity index (χ2n) is 8.33. The van der Waals surface area contributed by atoms with Gasteiger partial charge in [-0.1, -0.05) is 30.3 Å². The Kier molecular flexibility index (Phi) is 6.09. The third kappa shape index (κ3) is 4.57. The number of amides is 2. The molecule has 2 amide bonds. The summed E-state index contributed by atoms with van der Waals surface area (Å²) in [6, 6.07) is 17.5. The fourth-order valence-corrected chi connectivity index (χ4v) is 4.00. The number of aromatic nitrogens is 1. The average molecular weight is 427 g/mol. The Morgan fingerprint density at radius 1 is 1.12 bits per heavy atom. The maximum Gasteiger partial charge on any atom is 0.269 e. The molecule has 6 heteroatoms. The topological polar surface area (TPSA) is 80.2 Å². The van der Waals surface area contributed by atoms with E-state index in [1.165, 1.54) is 0 Å². The molecule has 2 aromatic carbocycles. The molecule has 3 aromatic rings. The van der Waals surface area contributed by atoms with E-state index in [0.29, 0.717) is 30.6 Å². The molecule has 0 fully saturated rings. The first kappa shape index (κ1) is 21.4. The summed E-state index contributed by atoms with van der Waals surface area (Å²) in [6.45, 7) is 1.31. The molecule has 32 heavy (non-hydrogen) atoms. The van der Waals surface area contributed by atoms with E-state index < -0.39 is 0 Å². The van der Waals surface area contributed by atoms with Gasteiger partial charge < -0.3 is 14.8 Å². The summed E-state index contributed by atoms with van der Waals surface area (Å²) < 4.78 is 0. The van der Waals surface area contributed by atoms with Gasteiger partial charge in [0.05, 0.1) is 11.6 Å². The second-order valence-corrected chi connectivity index (χ2v) is 8.33. The van der Waals surface area contributed by atoms with Crippen LogP contribution in [0.5, 0.6) is 0 Å². The molecule has 0 bridgehead atoms. The molecule has 0 saturated carbocycles. The molecule has 0 spiro atoms. The van der Waals surface area contributed by atoms with Crippen LogP contribution >= 0.6 is 0 Å². The van der Waals surface area contributed by atoms with Crippen LogP contribution in [0.2, 0.25) is 0 Å². The normalized spacial score (nSPS) is 13.5. The molecule has 1 aliphatic rings. The molecule has 0 aliphatic carbocycles.